The van der Waals surface area contributed by atoms with Crippen LogP contribution in [-0.4, -0.2) is 33.5 Å². The molecule has 1 aliphatic heterocycles. The summed E-state index contributed by atoms with van der Waals surface area (Å²) in [4.78, 5) is 0. The maximum absolute atomic E-state index is 11.2. The quantitative estimate of drug-likeness (QED) is 0.680. The summed E-state index contributed by atoms with van der Waals surface area (Å²) in [7, 11) is -0.859. The summed E-state index contributed by atoms with van der Waals surface area (Å²) in [5.74, 6) is 0.865. The summed E-state index contributed by atoms with van der Waals surface area (Å²) in [6.07, 6.45) is 1.65. The van der Waals surface area contributed by atoms with Crippen molar-refractivity contribution in [2.24, 2.45) is 5.92 Å². The van der Waals surface area contributed by atoms with Crippen molar-refractivity contribution in [1.82, 2.24) is 5.32 Å². The molecule has 0 radical (unpaired) electrons. The van der Waals surface area contributed by atoms with E-state index in [-0.39, 0.29) is 5.92 Å². The van der Waals surface area contributed by atoms with E-state index >= 15 is 0 Å². The standard InChI is InChI=1S/C9H17NO2S/c1-8(3-5-10-2)9-4-6-13(11,12)7-9/h9-10H,1,3-7H2,2H3. The van der Waals surface area contributed by atoms with E-state index in [2.05, 4.69) is 11.9 Å². The Morgan fingerprint density at radius 1 is 1.62 bits per heavy atom. The minimum absolute atomic E-state index is 0.207. The molecule has 1 aliphatic rings. The maximum atomic E-state index is 11.2. The van der Waals surface area contributed by atoms with Gasteiger partial charge in [0.2, 0.25) is 0 Å². The van der Waals surface area contributed by atoms with Gasteiger partial charge in [0, 0.05) is 0 Å². The zero-order valence-corrected chi connectivity index (χ0v) is 8.86. The maximum Gasteiger partial charge on any atom is 0.150 e. The molecule has 0 spiro atoms. The summed E-state index contributed by atoms with van der Waals surface area (Å²) in [6, 6.07) is 0. The van der Waals surface area contributed by atoms with Crippen molar-refractivity contribution in [3.8, 4) is 0 Å². The van der Waals surface area contributed by atoms with E-state index in [0.29, 0.717) is 11.5 Å². The third-order valence-electron chi connectivity index (χ3n) is 2.51. The second-order valence-corrected chi connectivity index (χ2v) is 5.84. The van der Waals surface area contributed by atoms with Gasteiger partial charge in [-0.25, -0.2) is 8.42 Å². The molecule has 13 heavy (non-hydrogen) atoms. The molecule has 0 aromatic carbocycles. The fourth-order valence-corrected chi connectivity index (χ4v) is 3.43. The fraction of sp³-hybridized carbons (Fsp3) is 0.778. The summed E-state index contributed by atoms with van der Waals surface area (Å²) >= 11 is 0. The molecule has 1 fully saturated rings. The van der Waals surface area contributed by atoms with E-state index in [1.807, 2.05) is 7.05 Å². The Bertz CT molecular complexity index is 282. The van der Waals surface area contributed by atoms with Crippen LogP contribution in [0.25, 0.3) is 0 Å². The van der Waals surface area contributed by atoms with Gasteiger partial charge in [-0.05, 0) is 32.4 Å². The largest absolute Gasteiger partial charge is 0.319 e. The van der Waals surface area contributed by atoms with Gasteiger partial charge in [0.1, 0.15) is 0 Å². The molecule has 0 saturated carbocycles. The van der Waals surface area contributed by atoms with Crippen LogP contribution in [0.15, 0.2) is 12.2 Å². The number of rotatable bonds is 4. The first-order chi connectivity index (χ1) is 6.05. The summed E-state index contributed by atoms with van der Waals surface area (Å²) in [6.45, 7) is 4.82. The van der Waals surface area contributed by atoms with Gasteiger partial charge in [-0.15, -0.1) is 0 Å². The average molecular weight is 203 g/mol. The van der Waals surface area contributed by atoms with E-state index in [9.17, 15) is 8.42 Å². The molecule has 1 heterocycles. The summed E-state index contributed by atoms with van der Waals surface area (Å²) < 4.78 is 22.3. The number of sulfone groups is 1. The smallest absolute Gasteiger partial charge is 0.150 e. The van der Waals surface area contributed by atoms with E-state index in [1.165, 1.54) is 0 Å². The molecule has 1 unspecified atom stereocenters. The van der Waals surface area contributed by atoms with Crippen LogP contribution >= 0.6 is 0 Å². The van der Waals surface area contributed by atoms with Crippen LogP contribution in [0, 0.1) is 5.92 Å². The third kappa shape index (κ3) is 3.12. The Kier molecular flexibility index (Phi) is 3.50. The first-order valence-electron chi connectivity index (χ1n) is 4.58. The number of hydrogen-bond acceptors (Lipinski definition) is 3. The number of hydrogen-bond donors (Lipinski definition) is 1. The van der Waals surface area contributed by atoms with Gasteiger partial charge in [-0.3, -0.25) is 0 Å². The van der Waals surface area contributed by atoms with Gasteiger partial charge < -0.3 is 5.32 Å². The zero-order valence-electron chi connectivity index (χ0n) is 8.04. The summed E-state index contributed by atoms with van der Waals surface area (Å²) in [5, 5.41) is 3.03. The van der Waals surface area contributed by atoms with E-state index in [4.69, 9.17) is 0 Å². The van der Waals surface area contributed by atoms with Gasteiger partial charge in [0.25, 0.3) is 0 Å². The molecule has 1 N–H and O–H groups in total. The molecule has 0 amide bonds. The number of nitrogens with one attached hydrogen (secondary N) is 1. The van der Waals surface area contributed by atoms with Crippen LogP contribution in [0.4, 0.5) is 0 Å². The predicted octanol–water partition coefficient (Wildman–Crippen LogP) is 0.587. The lowest BCUT2D eigenvalue weighted by molar-refractivity contribution is 0.598. The van der Waals surface area contributed by atoms with Gasteiger partial charge in [0.05, 0.1) is 11.5 Å². The normalized spacial score (nSPS) is 26.1. The van der Waals surface area contributed by atoms with E-state index in [1.54, 1.807) is 0 Å². The fourth-order valence-electron chi connectivity index (χ4n) is 1.61. The molecule has 1 rings (SSSR count). The topological polar surface area (TPSA) is 46.2 Å². The Morgan fingerprint density at radius 3 is 2.77 bits per heavy atom. The Balaban J connectivity index is 2.42. The van der Waals surface area contributed by atoms with Crippen molar-refractivity contribution in [3.63, 3.8) is 0 Å². The van der Waals surface area contributed by atoms with E-state index in [0.717, 1.165) is 25.0 Å². The van der Waals surface area contributed by atoms with Gasteiger partial charge in [0.15, 0.2) is 9.84 Å². The minimum Gasteiger partial charge on any atom is -0.319 e. The van der Waals surface area contributed by atoms with Crippen LogP contribution in [0.2, 0.25) is 0 Å². The van der Waals surface area contributed by atoms with Crippen molar-refractivity contribution in [2.75, 3.05) is 25.1 Å². The Hall–Kier alpha value is -0.350. The highest BCUT2D eigenvalue weighted by atomic mass is 32.2. The lowest BCUT2D eigenvalue weighted by Gasteiger charge is -2.10. The molecule has 3 nitrogen and oxygen atoms in total. The molecule has 76 valence electrons. The highest BCUT2D eigenvalue weighted by Crippen LogP contribution is 2.25. The highest BCUT2D eigenvalue weighted by molar-refractivity contribution is 7.91. The lowest BCUT2D eigenvalue weighted by atomic mass is 9.97. The zero-order chi connectivity index (χ0) is 9.90. The van der Waals surface area contributed by atoms with Crippen molar-refractivity contribution >= 4 is 9.84 Å². The second-order valence-electron chi connectivity index (χ2n) is 3.61. The molecule has 0 aromatic heterocycles. The first-order valence-corrected chi connectivity index (χ1v) is 6.40. The molecular weight excluding hydrogens is 186 g/mol. The van der Waals surface area contributed by atoms with Crippen LogP contribution < -0.4 is 5.32 Å². The van der Waals surface area contributed by atoms with Crippen LogP contribution in [0.3, 0.4) is 0 Å². The van der Waals surface area contributed by atoms with Crippen LogP contribution in [0.5, 0.6) is 0 Å². The average Bonchev–Trinajstić information content (AvgIpc) is 2.42. The molecule has 1 saturated heterocycles. The van der Waals surface area contributed by atoms with Crippen molar-refractivity contribution < 1.29 is 8.42 Å². The molecule has 0 aliphatic carbocycles. The molecular formula is C9H17NO2S. The molecule has 1 atom stereocenters. The highest BCUT2D eigenvalue weighted by Gasteiger charge is 2.28. The second kappa shape index (κ2) is 4.24. The molecule has 4 heteroatoms. The first kappa shape index (κ1) is 10.7. The SMILES string of the molecule is C=C(CCNC)C1CCS(=O)(=O)C1. The minimum atomic E-state index is -2.75. The molecule has 0 bridgehead atoms. The Labute approximate surface area is 80.1 Å². The predicted molar refractivity (Wildman–Crippen MR) is 54.4 cm³/mol. The van der Waals surface area contributed by atoms with Crippen molar-refractivity contribution in [3.05, 3.63) is 12.2 Å². The lowest BCUT2D eigenvalue weighted by Crippen LogP contribution is -2.13. The van der Waals surface area contributed by atoms with Crippen molar-refractivity contribution in [1.29, 1.82) is 0 Å². The van der Waals surface area contributed by atoms with Gasteiger partial charge in [-0.2, -0.15) is 0 Å². The van der Waals surface area contributed by atoms with Crippen molar-refractivity contribution in [2.45, 2.75) is 12.8 Å². The van der Waals surface area contributed by atoms with Crippen LogP contribution in [-0.2, 0) is 9.84 Å². The summed E-state index contributed by atoms with van der Waals surface area (Å²) in [5.41, 5.74) is 1.08. The third-order valence-corrected chi connectivity index (χ3v) is 4.27. The Morgan fingerprint density at radius 2 is 2.31 bits per heavy atom. The monoisotopic (exact) mass is 203 g/mol. The van der Waals surface area contributed by atoms with Gasteiger partial charge >= 0.3 is 0 Å². The van der Waals surface area contributed by atoms with Gasteiger partial charge in [-0.1, -0.05) is 12.2 Å². The van der Waals surface area contributed by atoms with Crippen LogP contribution in [0.1, 0.15) is 12.8 Å². The molecule has 0 aromatic rings. The van der Waals surface area contributed by atoms with E-state index < -0.39 is 9.84 Å².